The van der Waals surface area contributed by atoms with Crippen LogP contribution in [0.25, 0.3) is 0 Å². The highest BCUT2D eigenvalue weighted by molar-refractivity contribution is 6.04. The first kappa shape index (κ1) is 20.1. The molecular formula is C21H21F3N2O2. The molecule has 7 heteroatoms. The number of carbonyl (C=O) groups excluding carboxylic acids is 1. The van der Waals surface area contributed by atoms with Gasteiger partial charge in [0.25, 0.3) is 5.72 Å². The van der Waals surface area contributed by atoms with Gasteiger partial charge in [0.2, 0.25) is 5.91 Å². The van der Waals surface area contributed by atoms with Crippen molar-refractivity contribution in [3.63, 3.8) is 0 Å². The minimum absolute atomic E-state index is 0.0503. The van der Waals surface area contributed by atoms with E-state index in [0.29, 0.717) is 18.4 Å². The Balaban J connectivity index is 1.80. The lowest BCUT2D eigenvalue weighted by Gasteiger charge is -2.32. The van der Waals surface area contributed by atoms with Crippen LogP contribution in [0.3, 0.4) is 0 Å². The topological polar surface area (TPSA) is 52.9 Å². The van der Waals surface area contributed by atoms with Gasteiger partial charge in [0.05, 0.1) is 12.1 Å². The molecule has 1 unspecified atom stereocenters. The second-order valence-corrected chi connectivity index (χ2v) is 6.90. The number of aryl methyl sites for hydroxylation is 2. The number of amides is 1. The van der Waals surface area contributed by atoms with Gasteiger partial charge in [0, 0.05) is 12.0 Å². The van der Waals surface area contributed by atoms with Gasteiger partial charge in [-0.1, -0.05) is 54.6 Å². The van der Waals surface area contributed by atoms with Crippen LogP contribution in [0.15, 0.2) is 59.7 Å². The highest BCUT2D eigenvalue weighted by atomic mass is 19.4. The number of hydrazone groups is 1. The molecule has 2 aromatic carbocycles. The predicted molar refractivity (Wildman–Crippen MR) is 99.6 cm³/mol. The average Bonchev–Trinajstić information content (AvgIpc) is 3.02. The van der Waals surface area contributed by atoms with Crippen molar-refractivity contribution in [2.45, 2.75) is 44.5 Å². The lowest BCUT2D eigenvalue weighted by Crippen LogP contribution is -2.56. The quantitative estimate of drug-likeness (QED) is 0.832. The Morgan fingerprint density at radius 1 is 1.14 bits per heavy atom. The van der Waals surface area contributed by atoms with Crippen LogP contribution in [0.5, 0.6) is 0 Å². The lowest BCUT2D eigenvalue weighted by molar-refractivity contribution is -0.302. The first-order chi connectivity index (χ1) is 13.2. The molecule has 0 saturated heterocycles. The smallest absolute Gasteiger partial charge is 0.362 e. The standard InChI is InChI=1S/C21H21F3N2O2/c1-15-8-5-6-12-17(15)18-14-20(28,21(22,23)24)26(25-18)19(27)13-7-11-16-9-3-2-4-10-16/h2-6,8-10,12,28H,7,11,13-14H2,1H3. The van der Waals surface area contributed by atoms with Crippen molar-refractivity contribution in [2.24, 2.45) is 5.10 Å². The normalized spacial score (nSPS) is 19.6. The van der Waals surface area contributed by atoms with Crippen LogP contribution < -0.4 is 0 Å². The molecule has 3 rings (SSSR count). The van der Waals surface area contributed by atoms with Gasteiger partial charge >= 0.3 is 6.18 Å². The second-order valence-electron chi connectivity index (χ2n) is 6.90. The molecule has 4 nitrogen and oxygen atoms in total. The Morgan fingerprint density at radius 2 is 1.79 bits per heavy atom. The number of nitrogens with zero attached hydrogens (tertiary/aromatic N) is 2. The Labute approximate surface area is 161 Å². The van der Waals surface area contributed by atoms with Crippen molar-refractivity contribution in [2.75, 3.05) is 0 Å². The van der Waals surface area contributed by atoms with Gasteiger partial charge in [0.1, 0.15) is 0 Å². The zero-order valence-corrected chi connectivity index (χ0v) is 15.4. The number of carbonyl (C=O) groups is 1. The summed E-state index contributed by atoms with van der Waals surface area (Å²) in [5.41, 5.74) is -1.07. The third-order valence-corrected chi connectivity index (χ3v) is 4.83. The van der Waals surface area contributed by atoms with E-state index >= 15 is 0 Å². The fraction of sp³-hybridized carbons (Fsp3) is 0.333. The molecule has 0 radical (unpaired) electrons. The third kappa shape index (κ3) is 3.94. The van der Waals surface area contributed by atoms with Crippen molar-refractivity contribution in [3.8, 4) is 0 Å². The largest absolute Gasteiger partial charge is 0.438 e. The maximum atomic E-state index is 13.6. The molecule has 28 heavy (non-hydrogen) atoms. The maximum absolute atomic E-state index is 13.6. The van der Waals surface area contributed by atoms with Crippen LogP contribution in [0.2, 0.25) is 0 Å². The summed E-state index contributed by atoms with van der Waals surface area (Å²) in [6, 6.07) is 16.2. The summed E-state index contributed by atoms with van der Waals surface area (Å²) in [7, 11) is 0. The van der Waals surface area contributed by atoms with Gasteiger partial charge < -0.3 is 5.11 Å². The molecule has 0 aromatic heterocycles. The molecule has 1 aliphatic heterocycles. The second kappa shape index (κ2) is 7.75. The van der Waals surface area contributed by atoms with E-state index in [2.05, 4.69) is 5.10 Å². The summed E-state index contributed by atoms with van der Waals surface area (Å²) in [5, 5.41) is 14.5. The number of hydrogen-bond donors (Lipinski definition) is 1. The Morgan fingerprint density at radius 3 is 2.43 bits per heavy atom. The van der Waals surface area contributed by atoms with Gasteiger partial charge in [0.15, 0.2) is 0 Å². The fourth-order valence-electron chi connectivity index (χ4n) is 3.27. The van der Waals surface area contributed by atoms with Gasteiger partial charge in [-0.25, -0.2) is 0 Å². The lowest BCUT2D eigenvalue weighted by atomic mass is 9.97. The number of benzene rings is 2. The molecule has 1 heterocycles. The Bertz CT molecular complexity index is 881. The van der Waals surface area contributed by atoms with Crippen LogP contribution in [-0.2, 0) is 11.2 Å². The van der Waals surface area contributed by atoms with Crippen molar-refractivity contribution in [1.29, 1.82) is 0 Å². The zero-order chi connectivity index (χ0) is 20.4. The van der Waals surface area contributed by atoms with Crippen molar-refractivity contribution < 1.29 is 23.1 Å². The van der Waals surface area contributed by atoms with Crippen LogP contribution in [0, 0.1) is 6.92 Å². The summed E-state index contributed by atoms with van der Waals surface area (Å²) in [6.45, 7) is 1.74. The van der Waals surface area contributed by atoms with Gasteiger partial charge in [-0.05, 0) is 30.9 Å². The van der Waals surface area contributed by atoms with E-state index in [1.54, 1.807) is 31.2 Å². The first-order valence-corrected chi connectivity index (χ1v) is 9.02. The van der Waals surface area contributed by atoms with Gasteiger partial charge in [-0.3, -0.25) is 4.79 Å². The van der Waals surface area contributed by atoms with Crippen molar-refractivity contribution in [3.05, 3.63) is 71.3 Å². The molecule has 0 fully saturated rings. The minimum Gasteiger partial charge on any atom is -0.362 e. The number of hydrogen-bond acceptors (Lipinski definition) is 3. The highest BCUT2D eigenvalue weighted by Gasteiger charge is 2.63. The molecule has 2 aromatic rings. The van der Waals surface area contributed by atoms with Crippen LogP contribution in [-0.4, -0.2) is 33.6 Å². The number of alkyl halides is 3. The molecule has 0 saturated carbocycles. The number of halogens is 3. The molecule has 1 atom stereocenters. The monoisotopic (exact) mass is 390 g/mol. The van der Waals surface area contributed by atoms with E-state index in [9.17, 15) is 23.1 Å². The van der Waals surface area contributed by atoms with E-state index < -0.39 is 24.2 Å². The average molecular weight is 390 g/mol. The fourth-order valence-corrected chi connectivity index (χ4v) is 3.27. The third-order valence-electron chi connectivity index (χ3n) is 4.83. The molecule has 0 aliphatic carbocycles. The van der Waals surface area contributed by atoms with Gasteiger partial charge in [-0.15, -0.1) is 0 Å². The van der Waals surface area contributed by atoms with E-state index in [4.69, 9.17) is 0 Å². The highest BCUT2D eigenvalue weighted by Crippen LogP contribution is 2.42. The molecule has 1 amide bonds. The molecule has 0 bridgehead atoms. The summed E-state index contributed by atoms with van der Waals surface area (Å²) in [4.78, 5) is 12.5. The van der Waals surface area contributed by atoms with Crippen LogP contribution in [0.1, 0.15) is 36.0 Å². The Hall–Kier alpha value is -2.67. The minimum atomic E-state index is -5.02. The molecule has 148 valence electrons. The number of aliphatic hydroxyl groups is 1. The van der Waals surface area contributed by atoms with Crippen LogP contribution >= 0.6 is 0 Å². The maximum Gasteiger partial charge on any atom is 0.438 e. The molecule has 0 spiro atoms. The summed E-state index contributed by atoms with van der Waals surface area (Å²) in [6.07, 6.45) is -5.03. The summed E-state index contributed by atoms with van der Waals surface area (Å²) < 4.78 is 40.8. The van der Waals surface area contributed by atoms with E-state index in [0.717, 1.165) is 11.1 Å². The van der Waals surface area contributed by atoms with Crippen LogP contribution in [0.4, 0.5) is 13.2 Å². The first-order valence-electron chi connectivity index (χ1n) is 9.02. The zero-order valence-electron chi connectivity index (χ0n) is 15.4. The summed E-state index contributed by atoms with van der Waals surface area (Å²) >= 11 is 0. The molecular weight excluding hydrogens is 369 g/mol. The van der Waals surface area contributed by atoms with Crippen molar-refractivity contribution >= 4 is 11.6 Å². The number of rotatable bonds is 5. The van der Waals surface area contributed by atoms with E-state index in [-0.39, 0.29) is 17.1 Å². The van der Waals surface area contributed by atoms with Gasteiger partial charge in [-0.2, -0.15) is 23.3 Å². The SMILES string of the molecule is Cc1ccccc1C1=NN(C(=O)CCCc2ccccc2)C(O)(C(F)(F)F)C1. The summed E-state index contributed by atoms with van der Waals surface area (Å²) in [5.74, 6) is -0.848. The van der Waals surface area contributed by atoms with E-state index in [1.807, 2.05) is 30.3 Å². The molecule has 1 N–H and O–H groups in total. The van der Waals surface area contributed by atoms with Crippen molar-refractivity contribution in [1.82, 2.24) is 5.01 Å². The molecule has 1 aliphatic rings. The van der Waals surface area contributed by atoms with E-state index in [1.165, 1.54) is 0 Å². The Kier molecular flexibility index (Phi) is 5.56. The predicted octanol–water partition coefficient (Wildman–Crippen LogP) is 4.21.